The third-order valence-electron chi connectivity index (χ3n) is 2.92. The number of rotatable bonds is 1. The van der Waals surface area contributed by atoms with Crippen molar-refractivity contribution in [2.75, 3.05) is 26.7 Å². The number of carbonyl (C=O) groups is 2. The van der Waals surface area contributed by atoms with Crippen LogP contribution in [0.3, 0.4) is 0 Å². The number of amides is 2. The Kier molecular flexibility index (Phi) is 3.43. The van der Waals surface area contributed by atoms with Crippen LogP contribution in [-0.4, -0.2) is 53.4 Å². The van der Waals surface area contributed by atoms with Crippen LogP contribution in [0.15, 0.2) is 18.2 Å². The van der Waals surface area contributed by atoms with Crippen molar-refractivity contribution in [1.29, 1.82) is 0 Å². The highest BCUT2D eigenvalue weighted by molar-refractivity contribution is 6.33. The molecule has 2 rings (SSSR count). The fourth-order valence-corrected chi connectivity index (χ4v) is 1.98. The summed E-state index contributed by atoms with van der Waals surface area (Å²) in [6.45, 7) is 1.01. The van der Waals surface area contributed by atoms with E-state index in [1.54, 1.807) is 11.9 Å². The maximum absolute atomic E-state index is 12.2. The lowest BCUT2D eigenvalue weighted by molar-refractivity contribution is -0.133. The topological polar surface area (TPSA) is 60.9 Å². The summed E-state index contributed by atoms with van der Waals surface area (Å²) in [6.07, 6.45) is 0. The van der Waals surface area contributed by atoms with Crippen LogP contribution < -0.4 is 0 Å². The first-order valence-electron chi connectivity index (χ1n) is 5.51. The molecule has 1 N–H and O–H groups in total. The molecule has 6 heteroatoms. The third kappa shape index (κ3) is 2.41. The smallest absolute Gasteiger partial charge is 0.256 e. The zero-order valence-electron chi connectivity index (χ0n) is 9.89. The molecule has 18 heavy (non-hydrogen) atoms. The Morgan fingerprint density at radius 2 is 2.11 bits per heavy atom. The molecule has 1 aliphatic heterocycles. The number of piperazine rings is 1. The largest absolute Gasteiger partial charge is 0.508 e. The van der Waals surface area contributed by atoms with Crippen molar-refractivity contribution in [2.45, 2.75) is 0 Å². The molecule has 0 unspecified atom stereocenters. The van der Waals surface area contributed by atoms with Gasteiger partial charge in [-0.1, -0.05) is 11.6 Å². The fourth-order valence-electron chi connectivity index (χ4n) is 1.78. The minimum Gasteiger partial charge on any atom is -0.508 e. The van der Waals surface area contributed by atoms with Gasteiger partial charge in [-0.05, 0) is 18.2 Å². The molecule has 1 saturated heterocycles. The average molecular weight is 269 g/mol. The van der Waals surface area contributed by atoms with E-state index in [1.165, 1.54) is 23.1 Å². The highest BCUT2D eigenvalue weighted by atomic mass is 35.5. The highest BCUT2D eigenvalue weighted by Crippen LogP contribution is 2.23. The number of benzene rings is 1. The Balaban J connectivity index is 2.21. The van der Waals surface area contributed by atoms with E-state index in [4.69, 9.17) is 11.6 Å². The molecule has 1 aromatic carbocycles. The van der Waals surface area contributed by atoms with Crippen molar-refractivity contribution < 1.29 is 14.7 Å². The number of hydrogen-bond donors (Lipinski definition) is 1. The molecule has 0 aromatic heterocycles. The fraction of sp³-hybridized carbons (Fsp3) is 0.333. The molecule has 0 spiro atoms. The van der Waals surface area contributed by atoms with Crippen LogP contribution in [0.5, 0.6) is 5.75 Å². The molecule has 1 heterocycles. The van der Waals surface area contributed by atoms with Crippen LogP contribution >= 0.6 is 11.6 Å². The normalized spacial score (nSPS) is 16.0. The average Bonchev–Trinajstić information content (AvgIpc) is 2.35. The van der Waals surface area contributed by atoms with E-state index in [9.17, 15) is 14.7 Å². The molecule has 0 saturated carbocycles. The summed E-state index contributed by atoms with van der Waals surface area (Å²) in [5.74, 6) is -0.466. The predicted molar refractivity (Wildman–Crippen MR) is 66.7 cm³/mol. The summed E-state index contributed by atoms with van der Waals surface area (Å²) in [5, 5.41) is 9.64. The van der Waals surface area contributed by atoms with Gasteiger partial charge in [0.2, 0.25) is 5.91 Å². The maximum atomic E-state index is 12.2. The van der Waals surface area contributed by atoms with Crippen LogP contribution in [0.25, 0.3) is 0 Å². The Labute approximate surface area is 110 Å². The molecular formula is C12H13ClN2O3. The van der Waals surface area contributed by atoms with Crippen molar-refractivity contribution in [2.24, 2.45) is 0 Å². The van der Waals surface area contributed by atoms with Gasteiger partial charge in [-0.3, -0.25) is 9.59 Å². The Bertz CT molecular complexity index is 504. The third-order valence-corrected chi connectivity index (χ3v) is 3.25. The standard InChI is InChI=1S/C12H13ClN2O3/c1-14-4-5-15(7-11(14)17)12(18)9-6-8(16)2-3-10(9)13/h2-3,6,16H,4-5,7H2,1H3. The number of nitrogens with zero attached hydrogens (tertiary/aromatic N) is 2. The van der Waals surface area contributed by atoms with Gasteiger partial charge >= 0.3 is 0 Å². The van der Waals surface area contributed by atoms with Crippen LogP contribution in [0, 0.1) is 0 Å². The zero-order valence-corrected chi connectivity index (χ0v) is 10.6. The number of carbonyl (C=O) groups excluding carboxylic acids is 2. The van der Waals surface area contributed by atoms with E-state index >= 15 is 0 Å². The first kappa shape index (κ1) is 12.7. The van der Waals surface area contributed by atoms with E-state index in [2.05, 4.69) is 0 Å². The second-order valence-electron chi connectivity index (χ2n) is 4.21. The molecule has 0 aliphatic carbocycles. The van der Waals surface area contributed by atoms with Gasteiger partial charge in [0, 0.05) is 20.1 Å². The van der Waals surface area contributed by atoms with E-state index < -0.39 is 0 Å². The summed E-state index contributed by atoms with van der Waals surface area (Å²) in [7, 11) is 1.70. The number of likely N-dealkylation sites (N-methyl/N-ethyl adjacent to an activating group) is 1. The van der Waals surface area contributed by atoms with E-state index in [0.717, 1.165) is 0 Å². The second-order valence-corrected chi connectivity index (χ2v) is 4.61. The number of phenols is 1. The summed E-state index contributed by atoms with van der Waals surface area (Å²) in [4.78, 5) is 26.7. The highest BCUT2D eigenvalue weighted by Gasteiger charge is 2.26. The molecular weight excluding hydrogens is 256 g/mol. The first-order valence-corrected chi connectivity index (χ1v) is 5.88. The summed E-state index contributed by atoms with van der Waals surface area (Å²) >= 11 is 5.92. The molecule has 96 valence electrons. The van der Waals surface area contributed by atoms with E-state index in [0.29, 0.717) is 13.1 Å². The Hall–Kier alpha value is -1.75. The monoisotopic (exact) mass is 268 g/mol. The molecule has 2 amide bonds. The molecule has 1 fully saturated rings. The molecule has 5 nitrogen and oxygen atoms in total. The van der Waals surface area contributed by atoms with Crippen molar-refractivity contribution >= 4 is 23.4 Å². The van der Waals surface area contributed by atoms with Gasteiger partial charge in [-0.15, -0.1) is 0 Å². The van der Waals surface area contributed by atoms with Crippen molar-refractivity contribution in [1.82, 2.24) is 9.80 Å². The van der Waals surface area contributed by atoms with Gasteiger partial charge in [-0.25, -0.2) is 0 Å². The number of phenolic OH excluding ortho intramolecular Hbond substituents is 1. The van der Waals surface area contributed by atoms with Gasteiger partial charge in [0.15, 0.2) is 0 Å². The summed E-state index contributed by atoms with van der Waals surface area (Å²) < 4.78 is 0. The lowest BCUT2D eigenvalue weighted by Gasteiger charge is -2.32. The van der Waals surface area contributed by atoms with Crippen molar-refractivity contribution in [3.63, 3.8) is 0 Å². The van der Waals surface area contributed by atoms with Crippen molar-refractivity contribution in [3.05, 3.63) is 28.8 Å². The molecule has 1 aromatic rings. The number of hydrogen-bond acceptors (Lipinski definition) is 3. The van der Waals surface area contributed by atoms with Gasteiger partial charge in [0.1, 0.15) is 12.3 Å². The molecule has 0 radical (unpaired) electrons. The quantitative estimate of drug-likeness (QED) is 0.825. The van der Waals surface area contributed by atoms with Gasteiger partial charge in [-0.2, -0.15) is 0 Å². The number of aromatic hydroxyl groups is 1. The lowest BCUT2D eigenvalue weighted by atomic mass is 10.1. The lowest BCUT2D eigenvalue weighted by Crippen LogP contribution is -2.50. The maximum Gasteiger partial charge on any atom is 0.256 e. The van der Waals surface area contributed by atoms with Crippen LogP contribution in [0.1, 0.15) is 10.4 Å². The van der Waals surface area contributed by atoms with E-state index in [-0.39, 0.29) is 34.7 Å². The Morgan fingerprint density at radius 3 is 2.78 bits per heavy atom. The van der Waals surface area contributed by atoms with Gasteiger partial charge < -0.3 is 14.9 Å². The minimum absolute atomic E-state index is 0.0248. The molecule has 0 atom stereocenters. The van der Waals surface area contributed by atoms with Crippen LogP contribution in [-0.2, 0) is 4.79 Å². The number of halogens is 1. The van der Waals surface area contributed by atoms with Crippen LogP contribution in [0.4, 0.5) is 0 Å². The SMILES string of the molecule is CN1CCN(C(=O)c2cc(O)ccc2Cl)CC1=O. The van der Waals surface area contributed by atoms with E-state index in [1.807, 2.05) is 0 Å². The molecule has 1 aliphatic rings. The van der Waals surface area contributed by atoms with Gasteiger partial charge in [0.25, 0.3) is 5.91 Å². The zero-order chi connectivity index (χ0) is 13.3. The second kappa shape index (κ2) is 4.86. The summed E-state index contributed by atoms with van der Waals surface area (Å²) in [6, 6.07) is 4.18. The van der Waals surface area contributed by atoms with Gasteiger partial charge in [0.05, 0.1) is 10.6 Å². The first-order chi connectivity index (χ1) is 8.49. The van der Waals surface area contributed by atoms with Crippen molar-refractivity contribution in [3.8, 4) is 5.75 Å². The minimum atomic E-state index is -0.336. The predicted octanol–water partition coefficient (Wildman–Crippen LogP) is 0.960. The summed E-state index contributed by atoms with van der Waals surface area (Å²) in [5.41, 5.74) is 0.217. The molecule has 0 bridgehead atoms. The van der Waals surface area contributed by atoms with Crippen LogP contribution in [0.2, 0.25) is 5.02 Å². The Morgan fingerprint density at radius 1 is 1.39 bits per heavy atom.